The highest BCUT2D eigenvalue weighted by Gasteiger charge is 2.28. The molecule has 3 rings (SSSR count). The molecule has 2 aliphatic rings. The number of nitrogens with one attached hydrogen (secondary N) is 1. The van der Waals surface area contributed by atoms with Gasteiger partial charge in [0.1, 0.15) is 0 Å². The van der Waals surface area contributed by atoms with Crippen LogP contribution in [0.2, 0.25) is 5.02 Å². The lowest BCUT2D eigenvalue weighted by molar-refractivity contribution is 0.192. The second-order valence-corrected chi connectivity index (χ2v) is 6.72. The van der Waals surface area contributed by atoms with E-state index in [0.717, 1.165) is 26.1 Å². The number of aromatic nitrogens is 1. The van der Waals surface area contributed by atoms with Gasteiger partial charge >= 0.3 is 6.03 Å². The number of rotatable bonds is 3. The Bertz CT molecular complexity index is 519. The van der Waals surface area contributed by atoms with Gasteiger partial charge < -0.3 is 15.1 Å². The first-order valence-electron chi connectivity index (χ1n) is 8.09. The summed E-state index contributed by atoms with van der Waals surface area (Å²) in [4.78, 5) is 20.7. The Kier molecular flexibility index (Phi) is 5.16. The lowest BCUT2D eigenvalue weighted by Crippen LogP contribution is -2.37. The third-order valence-corrected chi connectivity index (χ3v) is 4.70. The van der Waals surface area contributed by atoms with Crippen LogP contribution in [0.1, 0.15) is 25.7 Å². The molecule has 2 fully saturated rings. The Labute approximate surface area is 136 Å². The van der Waals surface area contributed by atoms with E-state index in [1.807, 2.05) is 4.90 Å². The van der Waals surface area contributed by atoms with E-state index in [1.165, 1.54) is 32.4 Å². The van der Waals surface area contributed by atoms with Crippen molar-refractivity contribution >= 4 is 23.3 Å². The fourth-order valence-corrected chi connectivity index (χ4v) is 3.53. The normalized spacial score (nSPS) is 22.8. The number of hydrogen-bond donors (Lipinski definition) is 1. The summed E-state index contributed by atoms with van der Waals surface area (Å²) in [6.07, 6.45) is 8.27. The number of likely N-dealkylation sites (tertiary alicyclic amines) is 2. The summed E-state index contributed by atoms with van der Waals surface area (Å²) in [6, 6.07) is 1.67. The van der Waals surface area contributed by atoms with Crippen LogP contribution in [0.5, 0.6) is 0 Å². The maximum absolute atomic E-state index is 12.3. The molecule has 2 amide bonds. The first kappa shape index (κ1) is 15.6. The van der Waals surface area contributed by atoms with Crippen LogP contribution in [0.3, 0.4) is 0 Å². The van der Waals surface area contributed by atoms with Gasteiger partial charge in [-0.25, -0.2) is 4.79 Å². The monoisotopic (exact) mass is 322 g/mol. The van der Waals surface area contributed by atoms with E-state index in [2.05, 4.69) is 15.2 Å². The summed E-state index contributed by atoms with van der Waals surface area (Å²) in [5, 5.41) is 3.41. The molecular weight excluding hydrogens is 300 g/mol. The summed E-state index contributed by atoms with van der Waals surface area (Å²) in [6.45, 7) is 5.24. The van der Waals surface area contributed by atoms with Crippen LogP contribution in [0.15, 0.2) is 18.5 Å². The van der Waals surface area contributed by atoms with Crippen molar-refractivity contribution in [1.29, 1.82) is 0 Å². The van der Waals surface area contributed by atoms with Crippen LogP contribution in [0.25, 0.3) is 0 Å². The van der Waals surface area contributed by atoms with Gasteiger partial charge in [-0.3, -0.25) is 4.98 Å². The van der Waals surface area contributed by atoms with Crippen molar-refractivity contribution in [1.82, 2.24) is 14.8 Å². The van der Waals surface area contributed by atoms with Crippen molar-refractivity contribution in [3.05, 3.63) is 23.5 Å². The van der Waals surface area contributed by atoms with Gasteiger partial charge in [0, 0.05) is 25.8 Å². The molecule has 0 spiro atoms. The number of anilines is 1. The van der Waals surface area contributed by atoms with Crippen LogP contribution in [-0.2, 0) is 0 Å². The lowest BCUT2D eigenvalue weighted by atomic mass is 10.1. The van der Waals surface area contributed by atoms with Gasteiger partial charge in [0.2, 0.25) is 0 Å². The number of piperidine rings is 1. The molecular formula is C16H23ClN4O. The van der Waals surface area contributed by atoms with Gasteiger partial charge in [-0.05, 0) is 44.3 Å². The van der Waals surface area contributed by atoms with Gasteiger partial charge in [0.15, 0.2) is 0 Å². The molecule has 1 unspecified atom stereocenters. The van der Waals surface area contributed by atoms with Crippen LogP contribution in [-0.4, -0.2) is 53.5 Å². The molecule has 1 N–H and O–H groups in total. The largest absolute Gasteiger partial charge is 0.324 e. The summed E-state index contributed by atoms with van der Waals surface area (Å²) < 4.78 is 0. The van der Waals surface area contributed by atoms with Crippen LogP contribution in [0, 0.1) is 5.92 Å². The second kappa shape index (κ2) is 7.29. The molecule has 120 valence electrons. The van der Waals surface area contributed by atoms with E-state index in [0.29, 0.717) is 16.6 Å². The average Bonchev–Trinajstić information content (AvgIpc) is 2.97. The first-order chi connectivity index (χ1) is 10.7. The topological polar surface area (TPSA) is 48.5 Å². The maximum atomic E-state index is 12.3. The van der Waals surface area contributed by atoms with Crippen LogP contribution < -0.4 is 5.32 Å². The number of halogens is 1. The van der Waals surface area contributed by atoms with Crippen molar-refractivity contribution in [3.63, 3.8) is 0 Å². The van der Waals surface area contributed by atoms with Crippen molar-refractivity contribution in [2.45, 2.75) is 25.7 Å². The fourth-order valence-electron chi connectivity index (χ4n) is 3.36. The molecule has 0 aromatic carbocycles. The average molecular weight is 323 g/mol. The van der Waals surface area contributed by atoms with E-state index in [9.17, 15) is 4.79 Å². The summed E-state index contributed by atoms with van der Waals surface area (Å²) in [5.74, 6) is 0.598. The SMILES string of the molecule is O=C(Nc1cncc(Cl)c1)N1CCC(CN2CCCCC2)C1. The lowest BCUT2D eigenvalue weighted by Gasteiger charge is -2.29. The van der Waals surface area contributed by atoms with Crippen molar-refractivity contribution in [3.8, 4) is 0 Å². The highest BCUT2D eigenvalue weighted by molar-refractivity contribution is 6.30. The molecule has 6 heteroatoms. The molecule has 3 heterocycles. The first-order valence-corrected chi connectivity index (χ1v) is 8.47. The number of hydrogen-bond acceptors (Lipinski definition) is 3. The molecule has 2 saturated heterocycles. The van der Waals surface area contributed by atoms with E-state index in [-0.39, 0.29) is 6.03 Å². The van der Waals surface area contributed by atoms with Gasteiger partial charge in [0.05, 0.1) is 16.9 Å². The van der Waals surface area contributed by atoms with E-state index in [4.69, 9.17) is 11.6 Å². The molecule has 5 nitrogen and oxygen atoms in total. The Morgan fingerprint density at radius 1 is 1.27 bits per heavy atom. The number of urea groups is 1. The molecule has 1 aromatic rings. The van der Waals surface area contributed by atoms with Gasteiger partial charge in [-0.1, -0.05) is 18.0 Å². The highest BCUT2D eigenvalue weighted by atomic mass is 35.5. The molecule has 1 aromatic heterocycles. The summed E-state index contributed by atoms with van der Waals surface area (Å²) in [5.41, 5.74) is 0.650. The molecule has 0 bridgehead atoms. The quantitative estimate of drug-likeness (QED) is 0.930. The minimum absolute atomic E-state index is 0.0507. The Morgan fingerprint density at radius 3 is 2.86 bits per heavy atom. The van der Waals surface area contributed by atoms with E-state index in [1.54, 1.807) is 18.5 Å². The fraction of sp³-hybridized carbons (Fsp3) is 0.625. The van der Waals surface area contributed by atoms with Crippen molar-refractivity contribution < 1.29 is 4.79 Å². The standard InChI is InChI=1S/C16H23ClN4O/c17-14-8-15(10-18-9-14)19-16(22)21-7-4-13(12-21)11-20-5-2-1-3-6-20/h8-10,13H,1-7,11-12H2,(H,19,22). The number of amides is 2. The zero-order valence-corrected chi connectivity index (χ0v) is 13.6. The molecule has 22 heavy (non-hydrogen) atoms. The minimum Gasteiger partial charge on any atom is -0.324 e. The van der Waals surface area contributed by atoms with Crippen LogP contribution in [0.4, 0.5) is 10.5 Å². The van der Waals surface area contributed by atoms with Gasteiger partial charge in [0.25, 0.3) is 0 Å². The van der Waals surface area contributed by atoms with Gasteiger partial charge in [-0.2, -0.15) is 0 Å². The minimum atomic E-state index is -0.0507. The van der Waals surface area contributed by atoms with Crippen LogP contribution >= 0.6 is 11.6 Å². The Hall–Kier alpha value is -1.33. The predicted molar refractivity (Wildman–Crippen MR) is 88.2 cm³/mol. The Morgan fingerprint density at radius 2 is 2.09 bits per heavy atom. The van der Waals surface area contributed by atoms with Crippen molar-refractivity contribution in [2.75, 3.05) is 38.0 Å². The number of carbonyl (C=O) groups is 1. The summed E-state index contributed by atoms with van der Waals surface area (Å²) in [7, 11) is 0. The summed E-state index contributed by atoms with van der Waals surface area (Å²) >= 11 is 5.89. The van der Waals surface area contributed by atoms with E-state index < -0.39 is 0 Å². The predicted octanol–water partition coefficient (Wildman–Crippen LogP) is 3.07. The number of pyridine rings is 1. The number of nitrogens with zero attached hydrogens (tertiary/aromatic N) is 3. The van der Waals surface area contributed by atoms with Gasteiger partial charge in [-0.15, -0.1) is 0 Å². The van der Waals surface area contributed by atoms with Crippen molar-refractivity contribution in [2.24, 2.45) is 5.92 Å². The molecule has 0 aliphatic carbocycles. The molecule has 1 atom stereocenters. The maximum Gasteiger partial charge on any atom is 0.321 e. The third-order valence-electron chi connectivity index (χ3n) is 4.49. The molecule has 2 aliphatic heterocycles. The molecule has 0 radical (unpaired) electrons. The van der Waals surface area contributed by atoms with E-state index >= 15 is 0 Å². The third kappa shape index (κ3) is 4.11. The number of carbonyl (C=O) groups excluding carboxylic acids is 1. The zero-order valence-electron chi connectivity index (χ0n) is 12.8. The smallest absolute Gasteiger partial charge is 0.321 e. The highest BCUT2D eigenvalue weighted by Crippen LogP contribution is 2.21. The Balaban J connectivity index is 1.48. The second-order valence-electron chi connectivity index (χ2n) is 6.28. The molecule has 0 saturated carbocycles. The zero-order chi connectivity index (χ0) is 15.4.